The number of carboxylic acids is 1. The second kappa shape index (κ2) is 25.1. The van der Waals surface area contributed by atoms with Crippen molar-refractivity contribution in [3.63, 3.8) is 0 Å². The first kappa shape index (κ1) is 53.4. The van der Waals surface area contributed by atoms with E-state index < -0.39 is 90.3 Å². The maximum absolute atomic E-state index is 13.9. The number of carbonyl (C=O) groups excluding carboxylic acids is 7. The zero-order valence-electron chi connectivity index (χ0n) is 39.4. The van der Waals surface area contributed by atoms with Crippen molar-refractivity contribution in [1.82, 2.24) is 42.2 Å². The van der Waals surface area contributed by atoms with Crippen LogP contribution in [0.3, 0.4) is 0 Å². The van der Waals surface area contributed by atoms with Crippen molar-refractivity contribution < 1.29 is 53.3 Å². The smallest absolute Gasteiger partial charge is 0.407 e. The Morgan fingerprint density at radius 2 is 1.26 bits per heavy atom. The molecule has 12 N–H and O–H groups in total. The second-order valence-corrected chi connectivity index (χ2v) is 18.0. The van der Waals surface area contributed by atoms with Crippen LogP contribution in [-0.4, -0.2) is 125 Å². The number of hydrogen-bond acceptors (Lipinski definition) is 14. The van der Waals surface area contributed by atoms with Gasteiger partial charge in [0, 0.05) is 42.9 Å². The molecule has 1 aromatic heterocycles. The maximum atomic E-state index is 13.9. The molecular weight excluding hydrogens is 925 g/mol. The minimum absolute atomic E-state index is 0.0190. The standard InChI is InChI=1S/C48H60N10O11S/c1-25(49)41(62)54-28(4)44(65)55-26(2)42(63)50-17-10-18-51-47-53-22-32(70-47)21-31-19-30(15-16-39(31)59)20-38(46(67)57-29(5)45(66)56-27(3)43(64)52-23-40(60)61)58-48(68)69-24-37-35-13-8-6-11-33(35)34-12-7-9-14-36(34)37/h6-9,11-16,19,22,25-29,37-38,59H,10,17-18,20-21,23-24,49H2,1-5H3,(H,50,63)(H,51,53)(H,52,64)(H,54,62)(H,55,65)(H,56,66)(H,57,67)(H,58,68)(H,60,61)/t25-,26-,27-,28-,29-,38-/m0/s1. The summed E-state index contributed by atoms with van der Waals surface area (Å²) in [5, 5.41) is 41.2. The van der Waals surface area contributed by atoms with E-state index >= 15 is 0 Å². The monoisotopic (exact) mass is 984 g/mol. The van der Waals surface area contributed by atoms with Gasteiger partial charge >= 0.3 is 12.1 Å². The molecule has 70 heavy (non-hydrogen) atoms. The number of thiazole rings is 1. The predicted octanol–water partition coefficient (Wildman–Crippen LogP) is 1.37. The number of carbonyl (C=O) groups is 8. The van der Waals surface area contributed by atoms with E-state index in [0.717, 1.165) is 27.1 Å². The number of benzene rings is 3. The molecule has 0 saturated heterocycles. The number of aromatic hydroxyl groups is 1. The van der Waals surface area contributed by atoms with Crippen molar-refractivity contribution in [3.05, 3.63) is 100 Å². The van der Waals surface area contributed by atoms with Gasteiger partial charge in [-0.1, -0.05) is 60.7 Å². The third kappa shape index (κ3) is 15.2. The number of nitrogens with zero attached hydrogens (tertiary/aromatic N) is 1. The van der Waals surface area contributed by atoms with Crippen LogP contribution in [0.25, 0.3) is 11.1 Å². The number of nitrogens with one attached hydrogen (secondary N) is 8. The fourth-order valence-corrected chi connectivity index (χ4v) is 8.22. The number of nitrogens with two attached hydrogens (primary N) is 1. The van der Waals surface area contributed by atoms with Gasteiger partial charge in [-0.15, -0.1) is 11.3 Å². The summed E-state index contributed by atoms with van der Waals surface area (Å²) >= 11 is 1.35. The normalized spacial score (nSPS) is 14.1. The van der Waals surface area contributed by atoms with Gasteiger partial charge in [0.2, 0.25) is 35.4 Å². The Kier molecular flexibility index (Phi) is 19.2. The average molecular weight is 985 g/mol. The molecule has 0 spiro atoms. The molecule has 21 nitrogen and oxygen atoms in total. The highest BCUT2D eigenvalue weighted by molar-refractivity contribution is 7.15. The van der Waals surface area contributed by atoms with E-state index in [1.807, 2.05) is 48.5 Å². The van der Waals surface area contributed by atoms with Gasteiger partial charge in [-0.2, -0.15) is 0 Å². The molecule has 0 saturated carbocycles. The average Bonchev–Trinajstić information content (AvgIpc) is 3.91. The van der Waals surface area contributed by atoms with Crippen molar-refractivity contribution >= 4 is 64.0 Å². The quantitative estimate of drug-likeness (QED) is 0.0442. The van der Waals surface area contributed by atoms with Gasteiger partial charge in [-0.25, -0.2) is 9.78 Å². The van der Waals surface area contributed by atoms with Crippen molar-refractivity contribution in [3.8, 4) is 16.9 Å². The van der Waals surface area contributed by atoms with Gasteiger partial charge in [0.15, 0.2) is 5.13 Å². The van der Waals surface area contributed by atoms with Crippen LogP contribution < -0.4 is 48.3 Å². The Hall–Kier alpha value is -7.59. The lowest BCUT2D eigenvalue weighted by Gasteiger charge is -2.23. The first-order chi connectivity index (χ1) is 33.3. The number of anilines is 1. The van der Waals surface area contributed by atoms with E-state index in [2.05, 4.69) is 47.5 Å². The van der Waals surface area contributed by atoms with Crippen LogP contribution in [0.4, 0.5) is 9.93 Å². The molecule has 0 bridgehead atoms. The summed E-state index contributed by atoms with van der Waals surface area (Å²) in [4.78, 5) is 106. The molecule has 0 radical (unpaired) electrons. The topological polar surface area (TPSA) is 321 Å². The summed E-state index contributed by atoms with van der Waals surface area (Å²) in [6.45, 7) is 7.34. The molecule has 374 valence electrons. The third-order valence-electron chi connectivity index (χ3n) is 11.2. The number of aliphatic carboxylic acids is 1. The van der Waals surface area contributed by atoms with E-state index in [1.54, 1.807) is 18.3 Å². The lowest BCUT2D eigenvalue weighted by molar-refractivity contribution is -0.138. The van der Waals surface area contributed by atoms with Gasteiger partial charge in [0.05, 0.1) is 6.04 Å². The molecule has 22 heteroatoms. The highest BCUT2D eigenvalue weighted by Gasteiger charge is 2.31. The van der Waals surface area contributed by atoms with E-state index in [9.17, 15) is 43.5 Å². The first-order valence-corrected chi connectivity index (χ1v) is 23.5. The molecule has 7 amide bonds. The van der Waals surface area contributed by atoms with E-state index in [0.29, 0.717) is 35.8 Å². The summed E-state index contributed by atoms with van der Waals surface area (Å²) in [5.41, 5.74) is 10.6. The Morgan fingerprint density at radius 1 is 0.700 bits per heavy atom. The summed E-state index contributed by atoms with van der Waals surface area (Å²) in [6.07, 6.45) is 1.47. The molecule has 0 unspecified atom stereocenters. The lowest BCUT2D eigenvalue weighted by Crippen LogP contribution is -2.56. The van der Waals surface area contributed by atoms with E-state index in [1.165, 1.54) is 52.0 Å². The Bertz CT molecular complexity index is 2510. The van der Waals surface area contributed by atoms with Crippen molar-refractivity contribution in [1.29, 1.82) is 0 Å². The van der Waals surface area contributed by atoms with Gasteiger partial charge in [0.1, 0.15) is 49.1 Å². The Morgan fingerprint density at radius 3 is 1.86 bits per heavy atom. The number of ether oxygens (including phenoxy) is 1. The zero-order chi connectivity index (χ0) is 51.1. The van der Waals surface area contributed by atoms with Crippen molar-refractivity contribution in [2.45, 2.75) is 96.1 Å². The number of aromatic nitrogens is 1. The number of phenols is 1. The fourth-order valence-electron chi connectivity index (χ4n) is 7.36. The minimum atomic E-state index is -1.28. The number of amides is 7. The van der Waals surface area contributed by atoms with Crippen LogP contribution in [0, 0.1) is 0 Å². The largest absolute Gasteiger partial charge is 0.508 e. The number of carboxylic acid groups (broad SMARTS) is 1. The SMILES string of the molecule is C[C@H](N)C(=O)N[C@@H](C)C(=O)N[C@@H](C)C(=O)NCCCNc1ncc(Cc2cc(C[C@H](NC(=O)OCC3c4ccccc4-c4ccccc43)C(=O)N[C@@H](C)C(=O)N[C@@H](C)C(=O)NCC(=O)O)ccc2O)s1. The molecular formula is C48H60N10O11S. The molecule has 3 aromatic carbocycles. The van der Waals surface area contributed by atoms with Crippen LogP contribution >= 0.6 is 11.3 Å². The van der Waals surface area contributed by atoms with Crippen molar-refractivity contribution in [2.24, 2.45) is 5.73 Å². The number of alkyl carbamates (subject to hydrolysis) is 1. The van der Waals surface area contributed by atoms with E-state index in [4.69, 9.17) is 15.6 Å². The number of fused-ring (bicyclic) bond motifs is 3. The zero-order valence-corrected chi connectivity index (χ0v) is 40.2. The minimum Gasteiger partial charge on any atom is -0.508 e. The second-order valence-electron chi connectivity index (χ2n) is 16.9. The Labute approximate surface area is 408 Å². The van der Waals surface area contributed by atoms with Crippen LogP contribution in [0.2, 0.25) is 0 Å². The van der Waals surface area contributed by atoms with Gasteiger partial charge in [0.25, 0.3) is 0 Å². The highest BCUT2D eigenvalue weighted by atomic mass is 32.1. The van der Waals surface area contributed by atoms with Crippen LogP contribution in [0.1, 0.15) is 74.1 Å². The predicted molar refractivity (Wildman–Crippen MR) is 260 cm³/mol. The first-order valence-electron chi connectivity index (χ1n) is 22.7. The van der Waals surface area contributed by atoms with E-state index in [-0.39, 0.29) is 31.1 Å². The maximum Gasteiger partial charge on any atom is 0.407 e. The molecule has 5 rings (SSSR count). The number of phenolic OH excluding ortho intramolecular Hbond substituents is 1. The number of rotatable bonds is 24. The van der Waals surface area contributed by atoms with Crippen LogP contribution in [0.5, 0.6) is 5.75 Å². The van der Waals surface area contributed by atoms with Gasteiger partial charge in [-0.05, 0) is 80.5 Å². The lowest BCUT2D eigenvalue weighted by atomic mass is 9.98. The van der Waals surface area contributed by atoms with Gasteiger partial charge < -0.3 is 63.2 Å². The third-order valence-corrected chi connectivity index (χ3v) is 12.2. The van der Waals surface area contributed by atoms with Crippen molar-refractivity contribution in [2.75, 3.05) is 31.6 Å². The Balaban J connectivity index is 1.18. The molecule has 0 aliphatic heterocycles. The molecule has 1 aliphatic rings. The molecule has 6 atom stereocenters. The number of hydrogen-bond donors (Lipinski definition) is 11. The highest BCUT2D eigenvalue weighted by Crippen LogP contribution is 2.44. The fraction of sp³-hybridized carbons (Fsp3) is 0.396. The van der Waals surface area contributed by atoms with Gasteiger partial charge in [-0.3, -0.25) is 33.6 Å². The molecule has 4 aromatic rings. The summed E-state index contributed by atoms with van der Waals surface area (Å²) in [5.74, 6) is -5.19. The summed E-state index contributed by atoms with van der Waals surface area (Å²) < 4.78 is 5.76. The summed E-state index contributed by atoms with van der Waals surface area (Å²) in [6, 6.07) is 14.3. The molecule has 1 heterocycles. The summed E-state index contributed by atoms with van der Waals surface area (Å²) in [7, 11) is 0. The van der Waals surface area contributed by atoms with Crippen LogP contribution in [-0.2, 0) is 51.1 Å². The molecule has 0 fully saturated rings. The van der Waals surface area contributed by atoms with Crippen LogP contribution in [0.15, 0.2) is 72.9 Å². The molecule has 1 aliphatic carbocycles.